The first kappa shape index (κ1) is 13.6. The number of fused-ring (bicyclic) bond motifs is 1. The molecule has 0 bridgehead atoms. The summed E-state index contributed by atoms with van der Waals surface area (Å²) in [5.41, 5.74) is 10.3. The van der Waals surface area contributed by atoms with Crippen LogP contribution in [0.1, 0.15) is 11.1 Å². The van der Waals surface area contributed by atoms with E-state index in [9.17, 15) is 0 Å². The van der Waals surface area contributed by atoms with Crippen molar-refractivity contribution in [2.75, 3.05) is 11.9 Å². The van der Waals surface area contributed by atoms with E-state index in [0.717, 1.165) is 28.0 Å². The van der Waals surface area contributed by atoms with Gasteiger partial charge in [0.25, 0.3) is 0 Å². The topological polar surface area (TPSA) is 42.2 Å². The van der Waals surface area contributed by atoms with Crippen molar-refractivity contribution < 1.29 is 0 Å². The van der Waals surface area contributed by atoms with Crippen molar-refractivity contribution in [1.29, 1.82) is 0 Å². The normalized spacial score (nSPS) is 10.8. The lowest BCUT2D eigenvalue weighted by Crippen LogP contribution is -2.16. The molecule has 0 aliphatic heterocycles. The Morgan fingerprint density at radius 3 is 2.52 bits per heavy atom. The Hall–Kier alpha value is -2.39. The van der Waals surface area contributed by atoms with Gasteiger partial charge in [-0.2, -0.15) is 0 Å². The zero-order chi connectivity index (χ0) is 14.8. The summed E-state index contributed by atoms with van der Waals surface area (Å²) in [6.45, 7) is 2.58. The molecule has 3 rings (SSSR count). The van der Waals surface area contributed by atoms with E-state index in [2.05, 4.69) is 36.1 Å². The Balaban J connectivity index is 2.16. The van der Waals surface area contributed by atoms with E-state index in [-0.39, 0.29) is 0 Å². The summed E-state index contributed by atoms with van der Waals surface area (Å²) >= 11 is 0. The fourth-order valence-corrected chi connectivity index (χ4v) is 2.64. The largest absolute Gasteiger partial charge is 0.329 e. The van der Waals surface area contributed by atoms with Crippen LogP contribution in [0.4, 0.5) is 11.5 Å². The molecule has 3 aromatic rings. The third-order valence-corrected chi connectivity index (χ3v) is 3.79. The van der Waals surface area contributed by atoms with Gasteiger partial charge in [-0.3, -0.25) is 0 Å². The second-order valence-electron chi connectivity index (χ2n) is 5.21. The first-order valence-electron chi connectivity index (χ1n) is 7.09. The summed E-state index contributed by atoms with van der Waals surface area (Å²) in [6.07, 6.45) is 0. The van der Waals surface area contributed by atoms with Crippen LogP contribution in [0.5, 0.6) is 0 Å². The Morgan fingerprint density at radius 1 is 1.05 bits per heavy atom. The van der Waals surface area contributed by atoms with Gasteiger partial charge in [0.1, 0.15) is 5.82 Å². The molecule has 0 aliphatic rings. The van der Waals surface area contributed by atoms with Crippen molar-refractivity contribution in [3.63, 3.8) is 0 Å². The van der Waals surface area contributed by atoms with Crippen LogP contribution in [-0.2, 0) is 6.54 Å². The zero-order valence-electron chi connectivity index (χ0n) is 12.4. The number of hydrogen-bond donors (Lipinski definition) is 1. The second kappa shape index (κ2) is 5.54. The number of pyridine rings is 1. The van der Waals surface area contributed by atoms with Gasteiger partial charge in [0.05, 0.1) is 5.52 Å². The first-order valence-corrected chi connectivity index (χ1v) is 7.09. The summed E-state index contributed by atoms with van der Waals surface area (Å²) in [4.78, 5) is 6.92. The molecule has 2 aromatic carbocycles. The van der Waals surface area contributed by atoms with E-state index in [4.69, 9.17) is 10.7 Å². The molecule has 0 spiro atoms. The van der Waals surface area contributed by atoms with Gasteiger partial charge in [-0.25, -0.2) is 4.98 Å². The number of nitrogens with two attached hydrogens (primary N) is 1. The van der Waals surface area contributed by atoms with Gasteiger partial charge in [-0.15, -0.1) is 0 Å². The van der Waals surface area contributed by atoms with Gasteiger partial charge in [-0.05, 0) is 30.7 Å². The third-order valence-electron chi connectivity index (χ3n) is 3.79. The summed E-state index contributed by atoms with van der Waals surface area (Å²) in [7, 11) is 2.04. The third kappa shape index (κ3) is 2.48. The zero-order valence-corrected chi connectivity index (χ0v) is 12.4. The van der Waals surface area contributed by atoms with Crippen LogP contribution in [0, 0.1) is 6.92 Å². The van der Waals surface area contributed by atoms with Crippen molar-refractivity contribution >= 4 is 22.4 Å². The Bertz CT molecular complexity index is 780. The van der Waals surface area contributed by atoms with Gasteiger partial charge in [0, 0.05) is 30.2 Å². The molecule has 1 heterocycles. The number of aromatic nitrogens is 1. The van der Waals surface area contributed by atoms with E-state index in [1.807, 2.05) is 37.4 Å². The van der Waals surface area contributed by atoms with Crippen LogP contribution < -0.4 is 10.6 Å². The summed E-state index contributed by atoms with van der Waals surface area (Å²) in [5.74, 6) is 0.922. The maximum Gasteiger partial charge on any atom is 0.137 e. The van der Waals surface area contributed by atoms with Crippen LogP contribution in [0.25, 0.3) is 10.9 Å². The minimum Gasteiger partial charge on any atom is -0.329 e. The number of nitrogens with zero attached hydrogens (tertiary/aromatic N) is 2. The second-order valence-corrected chi connectivity index (χ2v) is 5.21. The Morgan fingerprint density at radius 2 is 1.76 bits per heavy atom. The number of anilines is 2. The van der Waals surface area contributed by atoms with Gasteiger partial charge in [0.2, 0.25) is 0 Å². The van der Waals surface area contributed by atoms with Crippen LogP contribution in [0.3, 0.4) is 0 Å². The molecule has 2 N–H and O–H groups in total. The van der Waals surface area contributed by atoms with Crippen LogP contribution in [0.2, 0.25) is 0 Å². The molecule has 3 nitrogen and oxygen atoms in total. The molecule has 0 radical (unpaired) electrons. The SMILES string of the molecule is Cc1ccccc1N(C)c1nc2ccccc2cc1CN. The lowest BCUT2D eigenvalue weighted by Gasteiger charge is -2.23. The van der Waals surface area contributed by atoms with E-state index >= 15 is 0 Å². The molecule has 0 aliphatic carbocycles. The number of para-hydroxylation sites is 2. The Kier molecular flexibility index (Phi) is 3.59. The number of benzene rings is 2. The van der Waals surface area contributed by atoms with Crippen molar-refractivity contribution in [3.8, 4) is 0 Å². The lowest BCUT2D eigenvalue weighted by molar-refractivity contribution is 1.02. The molecule has 0 unspecified atom stereocenters. The number of aryl methyl sites for hydroxylation is 1. The minimum atomic E-state index is 0.476. The fourth-order valence-electron chi connectivity index (χ4n) is 2.64. The molecule has 21 heavy (non-hydrogen) atoms. The van der Waals surface area contributed by atoms with Crippen LogP contribution >= 0.6 is 0 Å². The van der Waals surface area contributed by atoms with Crippen molar-refractivity contribution in [3.05, 3.63) is 65.7 Å². The predicted molar refractivity (Wildman–Crippen MR) is 88.9 cm³/mol. The summed E-state index contributed by atoms with van der Waals surface area (Å²) in [5, 5.41) is 1.12. The molecule has 0 saturated carbocycles. The van der Waals surface area contributed by atoms with Crippen LogP contribution in [0.15, 0.2) is 54.6 Å². The average Bonchev–Trinajstić information content (AvgIpc) is 2.53. The van der Waals surface area contributed by atoms with Crippen molar-refractivity contribution in [1.82, 2.24) is 4.98 Å². The monoisotopic (exact) mass is 277 g/mol. The van der Waals surface area contributed by atoms with Gasteiger partial charge in [-0.1, -0.05) is 36.4 Å². The minimum absolute atomic E-state index is 0.476. The maximum absolute atomic E-state index is 5.93. The quantitative estimate of drug-likeness (QED) is 0.792. The van der Waals surface area contributed by atoms with E-state index < -0.39 is 0 Å². The van der Waals surface area contributed by atoms with Gasteiger partial charge < -0.3 is 10.6 Å². The van der Waals surface area contributed by atoms with Gasteiger partial charge >= 0.3 is 0 Å². The molecular formula is C18H19N3. The Labute approximate surface area is 125 Å². The van der Waals surface area contributed by atoms with Crippen molar-refractivity contribution in [2.45, 2.75) is 13.5 Å². The smallest absolute Gasteiger partial charge is 0.137 e. The number of rotatable bonds is 3. The summed E-state index contributed by atoms with van der Waals surface area (Å²) < 4.78 is 0. The molecule has 0 fully saturated rings. The lowest BCUT2D eigenvalue weighted by atomic mass is 10.1. The molecule has 0 atom stereocenters. The van der Waals surface area contributed by atoms with E-state index in [1.54, 1.807) is 0 Å². The summed E-state index contributed by atoms with van der Waals surface area (Å²) in [6, 6.07) is 18.6. The van der Waals surface area contributed by atoms with Gasteiger partial charge in [0.15, 0.2) is 0 Å². The van der Waals surface area contributed by atoms with Crippen LogP contribution in [-0.4, -0.2) is 12.0 Å². The van der Waals surface area contributed by atoms with Crippen molar-refractivity contribution in [2.24, 2.45) is 5.73 Å². The highest BCUT2D eigenvalue weighted by atomic mass is 15.2. The molecule has 0 saturated heterocycles. The molecule has 1 aromatic heterocycles. The average molecular weight is 277 g/mol. The highest BCUT2D eigenvalue weighted by Gasteiger charge is 2.13. The standard InChI is InChI=1S/C18H19N3/c1-13-7-3-6-10-17(13)21(2)18-15(12-19)11-14-8-4-5-9-16(14)20-18/h3-11H,12,19H2,1-2H3. The molecule has 106 valence electrons. The predicted octanol–water partition coefficient (Wildman–Crippen LogP) is 3.77. The molecule has 3 heteroatoms. The fraction of sp³-hybridized carbons (Fsp3) is 0.167. The number of hydrogen-bond acceptors (Lipinski definition) is 3. The maximum atomic E-state index is 5.93. The molecule has 0 amide bonds. The van der Waals surface area contributed by atoms with E-state index in [1.165, 1.54) is 5.56 Å². The highest BCUT2D eigenvalue weighted by molar-refractivity contribution is 5.83. The highest BCUT2D eigenvalue weighted by Crippen LogP contribution is 2.29. The first-order chi connectivity index (χ1) is 10.2. The van der Waals surface area contributed by atoms with E-state index in [0.29, 0.717) is 6.54 Å². The molecular weight excluding hydrogens is 258 g/mol.